The third-order valence-corrected chi connectivity index (χ3v) is 2.70. The van der Waals surface area contributed by atoms with Gasteiger partial charge in [-0.1, -0.05) is 6.92 Å². The Morgan fingerprint density at radius 2 is 2.42 bits per heavy atom. The Bertz CT molecular complexity index is 171. The van der Waals surface area contributed by atoms with E-state index < -0.39 is 0 Å². The third kappa shape index (κ3) is 2.49. The van der Waals surface area contributed by atoms with Crippen molar-refractivity contribution in [3.63, 3.8) is 0 Å². The van der Waals surface area contributed by atoms with Crippen molar-refractivity contribution in [3.8, 4) is 6.07 Å². The van der Waals surface area contributed by atoms with Gasteiger partial charge < -0.3 is 0 Å². The molecule has 0 bridgehead atoms. The summed E-state index contributed by atoms with van der Waals surface area (Å²) in [5.74, 6) is 0.819. The van der Waals surface area contributed by atoms with Crippen molar-refractivity contribution in [2.24, 2.45) is 5.92 Å². The molecule has 2 heteroatoms. The van der Waals surface area contributed by atoms with E-state index in [4.69, 9.17) is 5.26 Å². The largest absolute Gasteiger partial charge is 0.299 e. The molecular weight excluding hydrogens is 148 g/mol. The number of hydrogen-bond acceptors (Lipinski definition) is 2. The van der Waals surface area contributed by atoms with Crippen LogP contribution in [0.4, 0.5) is 0 Å². The molecule has 0 aliphatic carbocycles. The molecule has 1 fully saturated rings. The summed E-state index contributed by atoms with van der Waals surface area (Å²) in [6.07, 6.45) is 3.33. The Balaban J connectivity index is 2.35. The second kappa shape index (κ2) is 4.47. The van der Waals surface area contributed by atoms with Gasteiger partial charge in [0.1, 0.15) is 0 Å². The average molecular weight is 166 g/mol. The van der Waals surface area contributed by atoms with Gasteiger partial charge in [-0.3, -0.25) is 4.90 Å². The van der Waals surface area contributed by atoms with Crippen LogP contribution in [0.3, 0.4) is 0 Å². The van der Waals surface area contributed by atoms with Crippen molar-refractivity contribution in [2.75, 3.05) is 13.1 Å². The van der Waals surface area contributed by atoms with Gasteiger partial charge in [0.05, 0.1) is 12.5 Å². The standard InChI is InChI=1S/C10H18N2/c1-9-4-3-7-12(8-9)10(2)5-6-11/h9-10H,3-5,7-8H2,1-2H3. The lowest BCUT2D eigenvalue weighted by atomic mass is 9.98. The molecule has 1 aliphatic rings. The van der Waals surface area contributed by atoms with Crippen molar-refractivity contribution in [3.05, 3.63) is 0 Å². The van der Waals surface area contributed by atoms with Gasteiger partial charge in [-0.15, -0.1) is 0 Å². The van der Waals surface area contributed by atoms with E-state index in [1.807, 2.05) is 0 Å². The molecule has 0 aromatic heterocycles. The van der Waals surface area contributed by atoms with Gasteiger partial charge in [0.2, 0.25) is 0 Å². The number of nitriles is 1. The van der Waals surface area contributed by atoms with Crippen molar-refractivity contribution in [1.82, 2.24) is 4.90 Å². The second-order valence-electron chi connectivity index (χ2n) is 3.95. The van der Waals surface area contributed by atoms with Crippen molar-refractivity contribution < 1.29 is 0 Å². The molecule has 12 heavy (non-hydrogen) atoms. The molecule has 1 aliphatic heterocycles. The maximum Gasteiger partial charge on any atom is 0.0638 e. The smallest absolute Gasteiger partial charge is 0.0638 e. The van der Waals surface area contributed by atoms with E-state index in [2.05, 4.69) is 24.8 Å². The zero-order valence-electron chi connectivity index (χ0n) is 8.08. The number of nitrogens with zero attached hydrogens (tertiary/aromatic N) is 2. The van der Waals surface area contributed by atoms with E-state index in [-0.39, 0.29) is 0 Å². The summed E-state index contributed by atoms with van der Waals surface area (Å²) in [6.45, 7) is 6.82. The summed E-state index contributed by atoms with van der Waals surface area (Å²) in [6, 6.07) is 2.69. The number of rotatable bonds is 2. The minimum absolute atomic E-state index is 0.456. The van der Waals surface area contributed by atoms with Crippen molar-refractivity contribution >= 4 is 0 Å². The fraction of sp³-hybridized carbons (Fsp3) is 0.900. The number of likely N-dealkylation sites (tertiary alicyclic amines) is 1. The quantitative estimate of drug-likeness (QED) is 0.627. The number of hydrogen-bond donors (Lipinski definition) is 0. The lowest BCUT2D eigenvalue weighted by Crippen LogP contribution is -2.40. The summed E-state index contributed by atoms with van der Waals surface area (Å²) < 4.78 is 0. The average Bonchev–Trinajstić information content (AvgIpc) is 2.05. The minimum atomic E-state index is 0.456. The summed E-state index contributed by atoms with van der Waals surface area (Å²) >= 11 is 0. The van der Waals surface area contributed by atoms with Crippen LogP contribution in [0, 0.1) is 17.2 Å². The van der Waals surface area contributed by atoms with E-state index in [0.29, 0.717) is 12.5 Å². The molecule has 68 valence electrons. The summed E-state index contributed by atoms with van der Waals surface area (Å²) in [7, 11) is 0. The molecular formula is C10H18N2. The van der Waals surface area contributed by atoms with E-state index in [1.54, 1.807) is 0 Å². The van der Waals surface area contributed by atoms with Crippen LogP contribution in [-0.4, -0.2) is 24.0 Å². The first-order chi connectivity index (χ1) is 5.74. The lowest BCUT2D eigenvalue weighted by Gasteiger charge is -2.34. The monoisotopic (exact) mass is 166 g/mol. The lowest BCUT2D eigenvalue weighted by molar-refractivity contribution is 0.140. The van der Waals surface area contributed by atoms with E-state index >= 15 is 0 Å². The third-order valence-electron chi connectivity index (χ3n) is 2.70. The second-order valence-corrected chi connectivity index (χ2v) is 3.95. The van der Waals surface area contributed by atoms with E-state index in [0.717, 1.165) is 5.92 Å². The zero-order valence-corrected chi connectivity index (χ0v) is 8.08. The maximum absolute atomic E-state index is 8.56. The highest BCUT2D eigenvalue weighted by Gasteiger charge is 2.20. The molecule has 0 N–H and O–H groups in total. The predicted octanol–water partition coefficient (Wildman–Crippen LogP) is 2.02. The molecule has 0 amide bonds. The van der Waals surface area contributed by atoms with Crippen LogP contribution in [0.15, 0.2) is 0 Å². The minimum Gasteiger partial charge on any atom is -0.299 e. The van der Waals surface area contributed by atoms with E-state index in [9.17, 15) is 0 Å². The summed E-state index contributed by atoms with van der Waals surface area (Å²) in [4.78, 5) is 2.44. The van der Waals surface area contributed by atoms with Crippen LogP contribution in [0.25, 0.3) is 0 Å². The molecule has 0 aromatic carbocycles. The van der Waals surface area contributed by atoms with Crippen LogP contribution in [0.2, 0.25) is 0 Å². The summed E-state index contributed by atoms with van der Waals surface area (Å²) in [5, 5.41) is 8.56. The molecule has 1 rings (SSSR count). The Morgan fingerprint density at radius 3 is 3.00 bits per heavy atom. The van der Waals surface area contributed by atoms with Crippen LogP contribution >= 0.6 is 0 Å². The molecule has 0 radical (unpaired) electrons. The molecule has 2 unspecified atom stereocenters. The van der Waals surface area contributed by atoms with Gasteiger partial charge in [-0.2, -0.15) is 5.26 Å². The SMILES string of the molecule is CC1CCCN(C(C)CC#N)C1. The van der Waals surface area contributed by atoms with Gasteiger partial charge in [0.15, 0.2) is 0 Å². The van der Waals surface area contributed by atoms with Crippen LogP contribution in [0.5, 0.6) is 0 Å². The summed E-state index contributed by atoms with van der Waals surface area (Å²) in [5.41, 5.74) is 0. The Kier molecular flexibility index (Phi) is 3.55. The van der Waals surface area contributed by atoms with Gasteiger partial charge >= 0.3 is 0 Å². The molecule has 1 heterocycles. The molecule has 0 saturated carbocycles. The fourth-order valence-corrected chi connectivity index (χ4v) is 1.89. The first-order valence-electron chi connectivity index (χ1n) is 4.85. The first kappa shape index (κ1) is 9.54. The molecule has 2 atom stereocenters. The molecule has 0 spiro atoms. The van der Waals surface area contributed by atoms with Gasteiger partial charge in [0, 0.05) is 12.6 Å². The van der Waals surface area contributed by atoms with Crippen molar-refractivity contribution in [1.29, 1.82) is 5.26 Å². The Hall–Kier alpha value is -0.550. The van der Waals surface area contributed by atoms with Gasteiger partial charge in [-0.05, 0) is 32.2 Å². The zero-order chi connectivity index (χ0) is 8.97. The molecule has 1 saturated heterocycles. The highest BCUT2D eigenvalue weighted by Crippen LogP contribution is 2.18. The van der Waals surface area contributed by atoms with Gasteiger partial charge in [-0.25, -0.2) is 0 Å². The number of piperidine rings is 1. The first-order valence-corrected chi connectivity index (χ1v) is 4.85. The van der Waals surface area contributed by atoms with Crippen LogP contribution in [-0.2, 0) is 0 Å². The Morgan fingerprint density at radius 1 is 1.67 bits per heavy atom. The van der Waals surface area contributed by atoms with Crippen LogP contribution < -0.4 is 0 Å². The van der Waals surface area contributed by atoms with Gasteiger partial charge in [0.25, 0.3) is 0 Å². The highest BCUT2D eigenvalue weighted by atomic mass is 15.2. The predicted molar refractivity (Wildman–Crippen MR) is 49.7 cm³/mol. The van der Waals surface area contributed by atoms with E-state index in [1.165, 1.54) is 25.9 Å². The highest BCUT2D eigenvalue weighted by molar-refractivity contribution is 4.82. The Labute approximate surface area is 75.2 Å². The normalized spacial score (nSPS) is 27.9. The maximum atomic E-state index is 8.56. The molecule has 0 aromatic rings. The van der Waals surface area contributed by atoms with Crippen LogP contribution in [0.1, 0.15) is 33.1 Å². The topological polar surface area (TPSA) is 27.0 Å². The van der Waals surface area contributed by atoms with Crippen molar-refractivity contribution in [2.45, 2.75) is 39.2 Å². The molecule has 2 nitrogen and oxygen atoms in total. The fourth-order valence-electron chi connectivity index (χ4n) is 1.89.